The molecule has 0 radical (unpaired) electrons. The Kier molecular flexibility index (Phi) is 9.66. The molecule has 16 heavy (non-hydrogen) atoms. The first-order valence-corrected chi connectivity index (χ1v) is 7.13. The van der Waals surface area contributed by atoms with Crippen LogP contribution in [0.15, 0.2) is 0 Å². The normalized spacial score (nSPS) is 14.8. The van der Waals surface area contributed by atoms with Crippen LogP contribution in [-0.4, -0.2) is 5.78 Å². The summed E-state index contributed by atoms with van der Waals surface area (Å²) in [4.78, 5) is 11.0. The summed E-state index contributed by atoms with van der Waals surface area (Å²) in [6.45, 7) is 8.54. The van der Waals surface area contributed by atoms with E-state index in [1.54, 1.807) is 6.92 Å². The van der Waals surface area contributed by atoms with Crippen molar-refractivity contribution in [2.24, 2.45) is 11.8 Å². The summed E-state index contributed by atoms with van der Waals surface area (Å²) in [6.07, 6.45) is 9.80. The number of hydrogen-bond donors (Lipinski definition) is 0. The second-order valence-corrected chi connectivity index (χ2v) is 5.17. The van der Waals surface area contributed by atoms with Gasteiger partial charge in [0.05, 0.1) is 0 Å². The Labute approximate surface area is 102 Å². The number of carbonyl (C=O) groups is 1. The monoisotopic (exact) mass is 226 g/mol. The van der Waals surface area contributed by atoms with Gasteiger partial charge in [-0.05, 0) is 31.6 Å². The molecule has 1 nitrogen and oxygen atoms in total. The van der Waals surface area contributed by atoms with Gasteiger partial charge in [0.2, 0.25) is 0 Å². The number of unbranched alkanes of at least 4 members (excludes halogenated alkanes) is 1. The number of ketones is 1. The van der Waals surface area contributed by atoms with Crippen LogP contribution in [0.25, 0.3) is 0 Å². The molecule has 96 valence electrons. The van der Waals surface area contributed by atoms with Gasteiger partial charge in [-0.15, -0.1) is 0 Å². The van der Waals surface area contributed by atoms with Crippen LogP contribution in [0.4, 0.5) is 0 Å². The topological polar surface area (TPSA) is 17.1 Å². The molecule has 2 unspecified atom stereocenters. The fourth-order valence-electron chi connectivity index (χ4n) is 2.35. The second kappa shape index (κ2) is 9.86. The molecule has 0 saturated heterocycles. The van der Waals surface area contributed by atoms with Crippen LogP contribution in [0.1, 0.15) is 79.1 Å². The Morgan fingerprint density at radius 1 is 1.00 bits per heavy atom. The average Bonchev–Trinajstić information content (AvgIpc) is 2.28. The zero-order valence-electron chi connectivity index (χ0n) is 11.7. The van der Waals surface area contributed by atoms with Crippen LogP contribution in [0.3, 0.4) is 0 Å². The zero-order valence-corrected chi connectivity index (χ0v) is 11.7. The minimum Gasteiger partial charge on any atom is -0.300 e. The fraction of sp³-hybridized carbons (Fsp3) is 0.933. The van der Waals surface area contributed by atoms with E-state index >= 15 is 0 Å². The quantitative estimate of drug-likeness (QED) is 0.513. The standard InChI is InChI=1S/C15H30O/c1-5-8-9-14(6-2)12-15(7-3)11-10-13(4)16/h14-15H,5-12H2,1-4H3. The average molecular weight is 226 g/mol. The van der Waals surface area contributed by atoms with E-state index in [0.717, 1.165) is 24.7 Å². The first kappa shape index (κ1) is 15.7. The van der Waals surface area contributed by atoms with E-state index < -0.39 is 0 Å². The smallest absolute Gasteiger partial charge is 0.129 e. The van der Waals surface area contributed by atoms with Gasteiger partial charge in [-0.3, -0.25) is 0 Å². The van der Waals surface area contributed by atoms with Crippen molar-refractivity contribution < 1.29 is 4.79 Å². The van der Waals surface area contributed by atoms with Gasteiger partial charge in [0.25, 0.3) is 0 Å². The third-order valence-corrected chi connectivity index (χ3v) is 3.69. The largest absolute Gasteiger partial charge is 0.300 e. The van der Waals surface area contributed by atoms with E-state index in [-0.39, 0.29) is 0 Å². The molecule has 0 bridgehead atoms. The highest BCUT2D eigenvalue weighted by Gasteiger charge is 2.14. The van der Waals surface area contributed by atoms with Crippen LogP contribution in [0, 0.1) is 11.8 Å². The maximum atomic E-state index is 11.0. The number of Topliss-reactive ketones (excluding diaryl/α,β-unsaturated/α-hetero) is 1. The minimum atomic E-state index is 0.347. The fourth-order valence-corrected chi connectivity index (χ4v) is 2.35. The summed E-state index contributed by atoms with van der Waals surface area (Å²) in [7, 11) is 0. The molecule has 0 spiro atoms. The number of carbonyl (C=O) groups excluding carboxylic acids is 1. The minimum absolute atomic E-state index is 0.347. The molecule has 0 aliphatic carbocycles. The Morgan fingerprint density at radius 3 is 2.00 bits per heavy atom. The molecule has 0 fully saturated rings. The van der Waals surface area contributed by atoms with Gasteiger partial charge in [-0.25, -0.2) is 0 Å². The van der Waals surface area contributed by atoms with Gasteiger partial charge >= 0.3 is 0 Å². The van der Waals surface area contributed by atoms with Gasteiger partial charge in [-0.1, -0.05) is 52.9 Å². The zero-order chi connectivity index (χ0) is 12.4. The third kappa shape index (κ3) is 7.90. The lowest BCUT2D eigenvalue weighted by Gasteiger charge is -2.21. The molecule has 1 heteroatoms. The molecule has 0 rings (SSSR count). The molecule has 0 aromatic heterocycles. The molecule has 0 aromatic carbocycles. The van der Waals surface area contributed by atoms with Gasteiger partial charge in [0, 0.05) is 6.42 Å². The molecule has 0 amide bonds. The van der Waals surface area contributed by atoms with E-state index in [0.29, 0.717) is 5.78 Å². The van der Waals surface area contributed by atoms with Crippen molar-refractivity contribution in [3.05, 3.63) is 0 Å². The van der Waals surface area contributed by atoms with E-state index in [9.17, 15) is 4.79 Å². The molecule has 0 heterocycles. The summed E-state index contributed by atoms with van der Waals surface area (Å²) < 4.78 is 0. The van der Waals surface area contributed by atoms with Gasteiger partial charge < -0.3 is 4.79 Å². The van der Waals surface area contributed by atoms with Crippen molar-refractivity contribution in [3.8, 4) is 0 Å². The van der Waals surface area contributed by atoms with Crippen molar-refractivity contribution in [2.45, 2.75) is 79.1 Å². The maximum Gasteiger partial charge on any atom is 0.129 e. The number of hydrogen-bond acceptors (Lipinski definition) is 1. The predicted octanol–water partition coefficient (Wildman–Crippen LogP) is 4.99. The molecule has 0 saturated carbocycles. The summed E-state index contributed by atoms with van der Waals surface area (Å²) >= 11 is 0. The van der Waals surface area contributed by atoms with Crippen molar-refractivity contribution in [2.75, 3.05) is 0 Å². The molecule has 0 aliphatic heterocycles. The van der Waals surface area contributed by atoms with Crippen LogP contribution in [0.2, 0.25) is 0 Å². The molecular formula is C15H30O. The Balaban J connectivity index is 3.90. The van der Waals surface area contributed by atoms with Crippen molar-refractivity contribution in [3.63, 3.8) is 0 Å². The summed E-state index contributed by atoms with van der Waals surface area (Å²) in [5.74, 6) is 2.00. The summed E-state index contributed by atoms with van der Waals surface area (Å²) in [6, 6.07) is 0. The van der Waals surface area contributed by atoms with Crippen LogP contribution in [0.5, 0.6) is 0 Å². The number of rotatable bonds is 10. The summed E-state index contributed by atoms with van der Waals surface area (Å²) in [5.41, 5.74) is 0. The van der Waals surface area contributed by atoms with E-state index in [1.807, 2.05) is 0 Å². The van der Waals surface area contributed by atoms with Crippen molar-refractivity contribution in [1.29, 1.82) is 0 Å². The van der Waals surface area contributed by atoms with Gasteiger partial charge in [-0.2, -0.15) is 0 Å². The second-order valence-electron chi connectivity index (χ2n) is 5.17. The first-order chi connectivity index (χ1) is 7.63. The highest BCUT2D eigenvalue weighted by molar-refractivity contribution is 5.75. The van der Waals surface area contributed by atoms with E-state index in [4.69, 9.17) is 0 Å². The van der Waals surface area contributed by atoms with E-state index in [1.165, 1.54) is 38.5 Å². The van der Waals surface area contributed by atoms with Gasteiger partial charge in [0.15, 0.2) is 0 Å². The molecule has 0 N–H and O–H groups in total. The van der Waals surface area contributed by atoms with Crippen molar-refractivity contribution in [1.82, 2.24) is 0 Å². The first-order valence-electron chi connectivity index (χ1n) is 7.13. The van der Waals surface area contributed by atoms with Crippen LogP contribution in [-0.2, 0) is 4.79 Å². The lowest BCUT2D eigenvalue weighted by molar-refractivity contribution is -0.117. The molecule has 0 aromatic rings. The highest BCUT2D eigenvalue weighted by Crippen LogP contribution is 2.26. The van der Waals surface area contributed by atoms with Crippen LogP contribution >= 0.6 is 0 Å². The van der Waals surface area contributed by atoms with E-state index in [2.05, 4.69) is 20.8 Å². The summed E-state index contributed by atoms with van der Waals surface area (Å²) in [5, 5.41) is 0. The Hall–Kier alpha value is -0.330. The Bertz CT molecular complexity index is 174. The van der Waals surface area contributed by atoms with Crippen molar-refractivity contribution >= 4 is 5.78 Å². The SMILES string of the molecule is CCCCC(CC)CC(CC)CCC(C)=O. The lowest BCUT2D eigenvalue weighted by Crippen LogP contribution is -2.09. The highest BCUT2D eigenvalue weighted by atomic mass is 16.1. The third-order valence-electron chi connectivity index (χ3n) is 3.69. The Morgan fingerprint density at radius 2 is 1.56 bits per heavy atom. The molecule has 0 aliphatic rings. The molecule has 2 atom stereocenters. The van der Waals surface area contributed by atoms with Gasteiger partial charge in [0.1, 0.15) is 5.78 Å². The predicted molar refractivity (Wildman–Crippen MR) is 71.6 cm³/mol. The lowest BCUT2D eigenvalue weighted by atomic mass is 9.85. The maximum absolute atomic E-state index is 11.0. The van der Waals surface area contributed by atoms with Crippen LogP contribution < -0.4 is 0 Å². The molecular weight excluding hydrogens is 196 g/mol.